The van der Waals surface area contributed by atoms with E-state index >= 15 is 0 Å². The Morgan fingerprint density at radius 1 is 1.69 bits per heavy atom. The number of aromatic amines is 1. The van der Waals surface area contributed by atoms with Crippen LogP contribution in [0, 0.1) is 5.92 Å². The van der Waals surface area contributed by atoms with Gasteiger partial charge in [0.05, 0.1) is 0 Å². The Kier molecular flexibility index (Phi) is 4.18. The summed E-state index contributed by atoms with van der Waals surface area (Å²) >= 11 is 1.22. The molecule has 0 amide bonds. The number of H-pyrrole nitrogens is 1. The third-order valence-electron chi connectivity index (χ3n) is 2.08. The van der Waals surface area contributed by atoms with Gasteiger partial charge in [-0.05, 0) is 12.5 Å². The van der Waals surface area contributed by atoms with Crippen molar-refractivity contribution in [2.24, 2.45) is 5.92 Å². The largest absolute Gasteiger partial charge is 0.315 e. The van der Waals surface area contributed by atoms with E-state index in [1.54, 1.807) is 0 Å². The van der Waals surface area contributed by atoms with Crippen LogP contribution in [0.2, 0.25) is 0 Å². The molecule has 1 aromatic rings. The van der Waals surface area contributed by atoms with Gasteiger partial charge in [-0.15, -0.1) is 0 Å². The molecular formula is C9H16N2OS. The third kappa shape index (κ3) is 3.74. The first-order valence-electron chi connectivity index (χ1n) is 4.59. The van der Waals surface area contributed by atoms with Crippen LogP contribution in [0.3, 0.4) is 0 Å². The Bertz CT molecular complexity index is 292. The van der Waals surface area contributed by atoms with Gasteiger partial charge in [0, 0.05) is 17.6 Å². The standard InChI is InChI=1S/C9H16N2OS/c1-3-7(2)4-10-5-8-6-13-9(12)11-8/h6-7,10H,3-5H2,1-2H3,(H,11,12). The molecule has 0 fully saturated rings. The minimum atomic E-state index is 0.0281. The zero-order chi connectivity index (χ0) is 9.68. The highest BCUT2D eigenvalue weighted by Gasteiger charge is 1.99. The Balaban J connectivity index is 2.24. The number of rotatable bonds is 5. The van der Waals surface area contributed by atoms with Crippen molar-refractivity contribution in [1.82, 2.24) is 10.3 Å². The van der Waals surface area contributed by atoms with Gasteiger partial charge in [-0.2, -0.15) is 0 Å². The quantitative estimate of drug-likeness (QED) is 0.758. The average molecular weight is 200 g/mol. The van der Waals surface area contributed by atoms with Gasteiger partial charge in [-0.3, -0.25) is 4.79 Å². The summed E-state index contributed by atoms with van der Waals surface area (Å²) in [7, 11) is 0. The molecule has 4 heteroatoms. The second-order valence-corrected chi connectivity index (χ2v) is 4.16. The normalized spacial score (nSPS) is 13.1. The maximum Gasteiger partial charge on any atom is 0.304 e. The van der Waals surface area contributed by atoms with Crippen LogP contribution in [0.25, 0.3) is 0 Å². The zero-order valence-electron chi connectivity index (χ0n) is 8.09. The van der Waals surface area contributed by atoms with Crippen LogP contribution in [-0.2, 0) is 6.54 Å². The van der Waals surface area contributed by atoms with E-state index in [2.05, 4.69) is 24.1 Å². The summed E-state index contributed by atoms with van der Waals surface area (Å²) in [5, 5.41) is 5.17. The average Bonchev–Trinajstić information content (AvgIpc) is 2.51. The molecule has 1 rings (SSSR count). The second kappa shape index (κ2) is 5.19. The molecule has 1 heterocycles. The molecule has 0 aliphatic carbocycles. The van der Waals surface area contributed by atoms with E-state index in [1.165, 1.54) is 17.8 Å². The molecule has 2 N–H and O–H groups in total. The SMILES string of the molecule is CCC(C)CNCc1csc(=O)[nH]1. The highest BCUT2D eigenvalue weighted by molar-refractivity contribution is 7.07. The van der Waals surface area contributed by atoms with Gasteiger partial charge in [0.2, 0.25) is 0 Å². The van der Waals surface area contributed by atoms with Crippen LogP contribution >= 0.6 is 11.3 Å². The maximum absolute atomic E-state index is 10.8. The van der Waals surface area contributed by atoms with E-state index in [0.29, 0.717) is 5.92 Å². The van der Waals surface area contributed by atoms with Crippen molar-refractivity contribution in [1.29, 1.82) is 0 Å². The van der Waals surface area contributed by atoms with Crippen LogP contribution < -0.4 is 10.2 Å². The Hall–Kier alpha value is -0.610. The summed E-state index contributed by atoms with van der Waals surface area (Å²) in [5.74, 6) is 0.699. The van der Waals surface area contributed by atoms with Crippen LogP contribution in [0.5, 0.6) is 0 Å². The summed E-state index contributed by atoms with van der Waals surface area (Å²) in [4.78, 5) is 13.6. The molecule has 0 bridgehead atoms. The van der Waals surface area contributed by atoms with Gasteiger partial charge in [0.1, 0.15) is 0 Å². The molecule has 0 aliphatic heterocycles. The minimum absolute atomic E-state index is 0.0281. The molecule has 0 aliphatic rings. The first-order valence-corrected chi connectivity index (χ1v) is 5.47. The van der Waals surface area contributed by atoms with Crippen LogP contribution in [-0.4, -0.2) is 11.5 Å². The predicted molar refractivity (Wildman–Crippen MR) is 56.1 cm³/mol. The lowest BCUT2D eigenvalue weighted by atomic mass is 10.1. The molecule has 1 atom stereocenters. The molecule has 1 unspecified atom stereocenters. The molecule has 0 saturated heterocycles. The van der Waals surface area contributed by atoms with Gasteiger partial charge in [0.15, 0.2) is 0 Å². The summed E-state index contributed by atoms with van der Waals surface area (Å²) in [6, 6.07) is 0. The van der Waals surface area contributed by atoms with Gasteiger partial charge in [-0.25, -0.2) is 0 Å². The molecule has 0 spiro atoms. The van der Waals surface area contributed by atoms with Crippen molar-refractivity contribution in [3.8, 4) is 0 Å². The lowest BCUT2D eigenvalue weighted by Crippen LogP contribution is -2.20. The summed E-state index contributed by atoms with van der Waals surface area (Å²) in [5.41, 5.74) is 0.985. The highest BCUT2D eigenvalue weighted by Crippen LogP contribution is 1.99. The van der Waals surface area contributed by atoms with E-state index in [9.17, 15) is 4.79 Å². The number of aromatic nitrogens is 1. The highest BCUT2D eigenvalue weighted by atomic mass is 32.1. The molecule has 74 valence electrons. The Morgan fingerprint density at radius 3 is 3.00 bits per heavy atom. The smallest absolute Gasteiger partial charge is 0.304 e. The number of thiazole rings is 1. The molecule has 0 aromatic carbocycles. The minimum Gasteiger partial charge on any atom is -0.315 e. The third-order valence-corrected chi connectivity index (χ3v) is 2.79. The Morgan fingerprint density at radius 2 is 2.46 bits per heavy atom. The molecule has 13 heavy (non-hydrogen) atoms. The second-order valence-electron chi connectivity index (χ2n) is 3.32. The van der Waals surface area contributed by atoms with Gasteiger partial charge in [0.25, 0.3) is 0 Å². The lowest BCUT2D eigenvalue weighted by Gasteiger charge is -2.08. The fourth-order valence-corrected chi connectivity index (χ4v) is 1.58. The fraction of sp³-hybridized carbons (Fsp3) is 0.667. The van der Waals surface area contributed by atoms with Crippen molar-refractivity contribution in [2.75, 3.05) is 6.54 Å². The van der Waals surface area contributed by atoms with Crippen LogP contribution in [0.4, 0.5) is 0 Å². The van der Waals surface area contributed by atoms with Crippen LogP contribution in [0.1, 0.15) is 26.0 Å². The van der Waals surface area contributed by atoms with E-state index in [-0.39, 0.29) is 4.87 Å². The number of nitrogens with one attached hydrogen (secondary N) is 2. The van der Waals surface area contributed by atoms with Crippen molar-refractivity contribution in [3.63, 3.8) is 0 Å². The zero-order valence-corrected chi connectivity index (χ0v) is 8.91. The number of hydrogen-bond acceptors (Lipinski definition) is 3. The summed E-state index contributed by atoms with van der Waals surface area (Å²) < 4.78 is 0. The van der Waals surface area contributed by atoms with Crippen LogP contribution in [0.15, 0.2) is 10.2 Å². The van der Waals surface area contributed by atoms with E-state index in [0.717, 1.165) is 18.8 Å². The van der Waals surface area contributed by atoms with Crippen molar-refractivity contribution in [3.05, 3.63) is 20.7 Å². The van der Waals surface area contributed by atoms with Gasteiger partial charge >= 0.3 is 4.87 Å². The van der Waals surface area contributed by atoms with E-state index in [4.69, 9.17) is 0 Å². The first kappa shape index (κ1) is 10.5. The summed E-state index contributed by atoms with van der Waals surface area (Å²) in [6.45, 7) is 6.17. The lowest BCUT2D eigenvalue weighted by molar-refractivity contribution is 0.498. The van der Waals surface area contributed by atoms with Crippen molar-refractivity contribution >= 4 is 11.3 Å². The molecule has 1 aromatic heterocycles. The molecular weight excluding hydrogens is 184 g/mol. The Labute approximate surface area is 82.2 Å². The van der Waals surface area contributed by atoms with Gasteiger partial charge in [-0.1, -0.05) is 31.6 Å². The first-order chi connectivity index (χ1) is 6.22. The van der Waals surface area contributed by atoms with Crippen molar-refractivity contribution in [2.45, 2.75) is 26.8 Å². The maximum atomic E-state index is 10.8. The van der Waals surface area contributed by atoms with Crippen molar-refractivity contribution < 1.29 is 0 Å². The molecule has 0 saturated carbocycles. The number of hydrogen-bond donors (Lipinski definition) is 2. The molecule has 3 nitrogen and oxygen atoms in total. The van der Waals surface area contributed by atoms with E-state index < -0.39 is 0 Å². The van der Waals surface area contributed by atoms with Gasteiger partial charge < -0.3 is 10.3 Å². The summed E-state index contributed by atoms with van der Waals surface area (Å²) in [6.07, 6.45) is 1.19. The monoisotopic (exact) mass is 200 g/mol. The van der Waals surface area contributed by atoms with E-state index in [1.807, 2.05) is 5.38 Å². The fourth-order valence-electron chi connectivity index (χ4n) is 0.998. The topological polar surface area (TPSA) is 44.9 Å². The molecule has 0 radical (unpaired) electrons. The predicted octanol–water partition coefficient (Wildman–Crippen LogP) is 1.57.